The smallest absolute Gasteiger partial charge is 0.335 e. The van der Waals surface area contributed by atoms with Gasteiger partial charge in [0.2, 0.25) is 0 Å². The number of carboxylic acids is 1. The zero-order valence-corrected chi connectivity index (χ0v) is 46.5. The van der Waals surface area contributed by atoms with E-state index in [1.807, 2.05) is 45.9 Å². The fourth-order valence-electron chi connectivity index (χ4n) is 8.26. The molecule has 0 spiro atoms. The molecule has 82 heavy (non-hydrogen) atoms. The van der Waals surface area contributed by atoms with E-state index in [1.165, 1.54) is 30.5 Å². The lowest BCUT2D eigenvalue weighted by Gasteiger charge is -2.13. The molecule has 0 saturated heterocycles. The highest BCUT2D eigenvalue weighted by molar-refractivity contribution is 6.32. The van der Waals surface area contributed by atoms with Gasteiger partial charge >= 0.3 is 5.97 Å². The number of nitrogens with two attached hydrogens (primary N) is 1. The molecule has 6 N–H and O–H groups in total. The van der Waals surface area contributed by atoms with Gasteiger partial charge < -0.3 is 35.3 Å². The number of aromatic carboxylic acids is 1. The Kier molecular flexibility index (Phi) is 21.2. The first-order chi connectivity index (χ1) is 39.3. The summed E-state index contributed by atoms with van der Waals surface area (Å²) < 4.78 is 11.7. The topological polar surface area (TPSA) is 320 Å². The van der Waals surface area contributed by atoms with E-state index >= 15 is 0 Å². The Bertz CT molecular complexity index is 4150. The molecule has 9 aromatic rings. The second-order valence-corrected chi connectivity index (χ2v) is 18.9. The lowest BCUT2D eigenvalue weighted by molar-refractivity contribution is 0.0696. The van der Waals surface area contributed by atoms with Crippen LogP contribution in [0.4, 0.5) is 0 Å². The summed E-state index contributed by atoms with van der Waals surface area (Å²) >= 11 is 12.5. The number of hydrogen-bond acceptors (Lipinski definition) is 15. The summed E-state index contributed by atoms with van der Waals surface area (Å²) in [4.78, 5) is 66.1. The number of benzene rings is 4. The second-order valence-electron chi connectivity index (χ2n) is 18.1. The second kappa shape index (κ2) is 28.5. The van der Waals surface area contributed by atoms with E-state index in [-0.39, 0.29) is 55.8 Å². The highest BCUT2D eigenvalue weighted by atomic mass is 35.5. The molecule has 5 aromatic heterocycles. The number of pyridine rings is 3. The molecule has 0 amide bonds. The standard InChI is InChI=1S/C27H21ClN4O3.C18H10ClN3O3.C8H12N2O.C8H8N2O/c1-16-12-17(2)32-27(34)20(16)7-8-24(33)18-6-9-26(23(28)13-18)35-25-5-3-4-21(22(25)14-29)19-10-11-30-31-15-19;19-15-8-11(18(23)24)4-5-17(15)25-16-3-1-2-13(14(16)9-20)12-6-7-21-22-10-12;2*1-5-3-6(2)10-8(11)7(5)4-9/h3-6,9-13,15H,7-8H2,1-2H3,(H,32,34);1-8,10H,(H,23,24);3H,4,9H2,1-2H3,(H,10,11);3H,1-2H3,(H,10,11). The van der Waals surface area contributed by atoms with Crippen molar-refractivity contribution in [2.24, 2.45) is 5.73 Å². The number of carboxylic acid groups (broad SMARTS) is 1. The van der Waals surface area contributed by atoms with Crippen LogP contribution in [-0.2, 0) is 13.0 Å². The van der Waals surface area contributed by atoms with Crippen molar-refractivity contribution < 1.29 is 24.2 Å². The number of rotatable bonds is 12. The first kappa shape index (κ1) is 60.9. The molecule has 0 fully saturated rings. The summed E-state index contributed by atoms with van der Waals surface area (Å²) in [5.74, 6) is -0.0107. The van der Waals surface area contributed by atoms with Gasteiger partial charge in [0.25, 0.3) is 16.7 Å². The van der Waals surface area contributed by atoms with Gasteiger partial charge in [0.1, 0.15) is 57.9 Å². The quantitative estimate of drug-likeness (QED) is 0.0710. The molecule has 0 bridgehead atoms. The number of ether oxygens (including phenoxy) is 2. The van der Waals surface area contributed by atoms with E-state index in [1.54, 1.807) is 99.2 Å². The summed E-state index contributed by atoms with van der Waals surface area (Å²) in [7, 11) is 0. The van der Waals surface area contributed by atoms with Crippen LogP contribution in [0.15, 0.2) is 142 Å². The van der Waals surface area contributed by atoms with Gasteiger partial charge in [-0.05, 0) is 144 Å². The lowest BCUT2D eigenvalue weighted by Crippen LogP contribution is -2.18. The largest absolute Gasteiger partial charge is 0.478 e. The molecule has 412 valence electrons. The monoisotopic (exact) mass is 1140 g/mol. The number of nitriles is 3. The number of ketones is 1. The van der Waals surface area contributed by atoms with E-state index in [0.717, 1.165) is 44.9 Å². The van der Waals surface area contributed by atoms with Gasteiger partial charge in [0, 0.05) is 69.0 Å². The van der Waals surface area contributed by atoms with Crippen LogP contribution >= 0.6 is 23.2 Å². The minimum atomic E-state index is -1.08. The third-order valence-electron chi connectivity index (χ3n) is 12.2. The molecule has 19 nitrogen and oxygen atoms in total. The van der Waals surface area contributed by atoms with Gasteiger partial charge in [0.15, 0.2) is 5.78 Å². The molecule has 0 radical (unpaired) electrons. The third-order valence-corrected chi connectivity index (χ3v) is 12.8. The molecular weight excluding hydrogens is 1090 g/mol. The van der Waals surface area contributed by atoms with Gasteiger partial charge in [0.05, 0.1) is 40.4 Å². The fourth-order valence-corrected chi connectivity index (χ4v) is 8.70. The maximum Gasteiger partial charge on any atom is 0.335 e. The van der Waals surface area contributed by atoms with Crippen molar-refractivity contribution in [3.8, 4) is 63.5 Å². The maximum atomic E-state index is 12.8. The van der Waals surface area contributed by atoms with E-state index < -0.39 is 5.97 Å². The number of aromatic nitrogens is 7. The Morgan fingerprint density at radius 1 is 0.549 bits per heavy atom. The molecule has 0 aliphatic carbocycles. The Labute approximate surface area is 479 Å². The minimum absolute atomic E-state index is 0.0504. The van der Waals surface area contributed by atoms with Crippen molar-refractivity contribution in [3.05, 3.63) is 242 Å². The summed E-state index contributed by atoms with van der Waals surface area (Å²) in [6.45, 7) is 11.3. The molecule has 5 heterocycles. The number of carbonyl (C=O) groups excluding carboxylic acids is 1. The third kappa shape index (κ3) is 15.7. The highest BCUT2D eigenvalue weighted by Gasteiger charge is 2.18. The number of aromatic amines is 3. The average molecular weight is 1140 g/mol. The van der Waals surface area contributed by atoms with Crippen molar-refractivity contribution in [1.82, 2.24) is 35.3 Å². The van der Waals surface area contributed by atoms with Crippen LogP contribution < -0.4 is 31.9 Å². The lowest BCUT2D eigenvalue weighted by atomic mass is 10.0. The van der Waals surface area contributed by atoms with Gasteiger partial charge in [-0.15, -0.1) is 0 Å². The Hall–Kier alpha value is -10.4. The number of aryl methyl sites for hydroxylation is 6. The van der Waals surface area contributed by atoms with Crippen LogP contribution in [0.1, 0.15) is 88.7 Å². The molecule has 0 aliphatic heterocycles. The van der Waals surface area contributed by atoms with Gasteiger partial charge in [-0.1, -0.05) is 47.5 Å². The number of nitrogens with zero attached hydrogens (tertiary/aromatic N) is 7. The molecule has 4 aromatic carbocycles. The zero-order valence-electron chi connectivity index (χ0n) is 45.0. The SMILES string of the molecule is Cc1cc(C)c(C#N)c(=O)[nH]1.Cc1cc(C)c(CCC(=O)c2ccc(Oc3cccc(-c4ccnnc4)c3C#N)c(Cl)c2)c(=O)[nH]1.Cc1cc(C)c(CN)c(=O)[nH]1.N#Cc1c(Oc2ccc(C(=O)O)cc2Cl)cccc1-c1ccnnc1. The van der Waals surface area contributed by atoms with Crippen LogP contribution in [0.3, 0.4) is 0 Å². The minimum Gasteiger partial charge on any atom is -0.478 e. The first-order valence-corrected chi connectivity index (χ1v) is 25.5. The summed E-state index contributed by atoms with van der Waals surface area (Å²) in [5.41, 5.74) is 15.2. The predicted octanol–water partition coefficient (Wildman–Crippen LogP) is 11.1. The van der Waals surface area contributed by atoms with Crippen LogP contribution in [0.5, 0.6) is 23.0 Å². The van der Waals surface area contributed by atoms with E-state index in [4.69, 9.17) is 48.8 Å². The van der Waals surface area contributed by atoms with Gasteiger partial charge in [-0.25, -0.2) is 4.79 Å². The van der Waals surface area contributed by atoms with Crippen LogP contribution in [0.25, 0.3) is 22.3 Å². The highest BCUT2D eigenvalue weighted by Crippen LogP contribution is 2.37. The summed E-state index contributed by atoms with van der Waals surface area (Å²) in [6.07, 6.45) is 6.70. The molecule has 0 atom stereocenters. The number of halogens is 2. The normalized spacial score (nSPS) is 10.2. The van der Waals surface area contributed by atoms with E-state index in [2.05, 4.69) is 47.5 Å². The van der Waals surface area contributed by atoms with Crippen molar-refractivity contribution in [3.63, 3.8) is 0 Å². The molecule has 0 aliphatic rings. The van der Waals surface area contributed by atoms with E-state index in [9.17, 15) is 34.5 Å². The van der Waals surface area contributed by atoms with Crippen molar-refractivity contribution in [1.29, 1.82) is 15.8 Å². The zero-order chi connectivity index (χ0) is 59.6. The first-order valence-electron chi connectivity index (χ1n) is 24.8. The van der Waals surface area contributed by atoms with Gasteiger partial charge in [-0.2, -0.15) is 36.2 Å². The molecule has 0 unspecified atom stereocenters. The Balaban J connectivity index is 0.000000198. The molecular formula is C61H51Cl2N11O8. The van der Waals surface area contributed by atoms with Crippen LogP contribution in [-0.4, -0.2) is 52.2 Å². The maximum absolute atomic E-state index is 12.8. The number of H-pyrrole nitrogens is 3. The average Bonchev–Trinajstić information content (AvgIpc) is 3.54. The number of Topliss-reactive ketones (excluding diaryl/α,β-unsaturated/α-hetero) is 1. The number of carbonyl (C=O) groups is 2. The summed E-state index contributed by atoms with van der Waals surface area (Å²) in [5, 5.41) is 52.4. The Morgan fingerprint density at radius 3 is 1.39 bits per heavy atom. The van der Waals surface area contributed by atoms with Crippen molar-refractivity contribution >= 4 is 35.0 Å². The molecule has 0 saturated carbocycles. The fraction of sp³-hybridized carbons (Fsp3) is 0.148. The van der Waals surface area contributed by atoms with Gasteiger partial charge in [-0.3, -0.25) is 19.2 Å². The van der Waals surface area contributed by atoms with Crippen LogP contribution in [0.2, 0.25) is 10.0 Å². The summed E-state index contributed by atoms with van der Waals surface area (Å²) in [6, 6.07) is 34.5. The molecule has 21 heteroatoms. The van der Waals surface area contributed by atoms with Crippen molar-refractivity contribution in [2.45, 2.75) is 60.9 Å². The van der Waals surface area contributed by atoms with E-state index in [0.29, 0.717) is 69.2 Å². The molecule has 9 rings (SSSR count). The predicted molar refractivity (Wildman–Crippen MR) is 309 cm³/mol. The Morgan fingerprint density at radius 2 is 0.988 bits per heavy atom. The number of nitrogens with one attached hydrogen (secondary N) is 3. The van der Waals surface area contributed by atoms with Crippen molar-refractivity contribution in [2.75, 3.05) is 0 Å². The number of hydrogen-bond donors (Lipinski definition) is 5. The van der Waals surface area contributed by atoms with Crippen LogP contribution in [0, 0.1) is 75.5 Å².